The number of halogens is 1. The van der Waals surface area contributed by atoms with Gasteiger partial charge in [-0.2, -0.15) is 0 Å². The van der Waals surface area contributed by atoms with E-state index in [0.717, 1.165) is 12.7 Å². The fraction of sp³-hybridized carbons (Fsp3) is 0.286. The first-order valence-corrected chi connectivity index (χ1v) is 11.4. The number of nitrogens with one attached hydrogen (secondary N) is 1. The Morgan fingerprint density at radius 3 is 2.41 bits per heavy atom. The van der Waals surface area contributed by atoms with Crippen LogP contribution in [-0.2, 0) is 10.0 Å². The molecule has 0 saturated carbocycles. The second kappa shape index (κ2) is 10.3. The van der Waals surface area contributed by atoms with Gasteiger partial charge in [0.2, 0.25) is 10.0 Å². The summed E-state index contributed by atoms with van der Waals surface area (Å²) in [4.78, 5) is 12.4. The van der Waals surface area contributed by atoms with Crippen LogP contribution < -0.4 is 14.2 Å². The number of hydrogen-bond acceptors (Lipinski definition) is 5. The summed E-state index contributed by atoms with van der Waals surface area (Å²) < 4.78 is 36.1. The zero-order valence-corrected chi connectivity index (χ0v) is 18.1. The van der Waals surface area contributed by atoms with E-state index in [1.165, 1.54) is 18.2 Å². The maximum Gasteiger partial charge on any atom is 0.229 e. The van der Waals surface area contributed by atoms with Crippen molar-refractivity contribution >= 4 is 39.2 Å². The predicted octanol–water partition coefficient (Wildman–Crippen LogP) is 4.80. The Morgan fingerprint density at radius 2 is 1.83 bits per heavy atom. The molecule has 29 heavy (non-hydrogen) atoms. The van der Waals surface area contributed by atoms with Crippen molar-refractivity contribution in [3.63, 3.8) is 0 Å². The molecule has 0 radical (unpaired) electrons. The lowest BCUT2D eigenvalue weighted by Gasteiger charge is -2.14. The third-order valence-electron chi connectivity index (χ3n) is 3.68. The van der Waals surface area contributed by atoms with Gasteiger partial charge in [0, 0.05) is 11.3 Å². The summed E-state index contributed by atoms with van der Waals surface area (Å²) in [6, 6.07) is 9.65. The molecule has 0 amide bonds. The highest BCUT2D eigenvalue weighted by atomic mass is 35.5. The summed E-state index contributed by atoms with van der Waals surface area (Å²) in [6.45, 7) is 4.85. The van der Waals surface area contributed by atoms with Crippen LogP contribution in [0, 0.1) is 0 Å². The number of carbonyl (C=O) groups excluding carboxylic acids is 1. The van der Waals surface area contributed by atoms with Gasteiger partial charge in [-0.25, -0.2) is 8.42 Å². The Labute approximate surface area is 176 Å². The Hall–Kier alpha value is -2.51. The lowest BCUT2D eigenvalue weighted by Crippen LogP contribution is -2.09. The normalized spacial score (nSPS) is 11.4. The topological polar surface area (TPSA) is 81.7 Å². The van der Waals surface area contributed by atoms with E-state index in [2.05, 4.69) is 4.72 Å². The van der Waals surface area contributed by atoms with Crippen molar-refractivity contribution < 1.29 is 22.7 Å². The van der Waals surface area contributed by atoms with E-state index < -0.39 is 10.0 Å². The Bertz CT molecular complexity index is 985. The zero-order chi connectivity index (χ0) is 21.4. The molecule has 1 N–H and O–H groups in total. The molecule has 0 heterocycles. The number of hydrogen-bond donors (Lipinski definition) is 1. The third kappa shape index (κ3) is 7.11. The molecule has 0 bridgehead atoms. The number of sulfonamides is 1. The number of ketones is 1. The molecule has 0 aliphatic rings. The second-order valence-corrected chi connectivity index (χ2v) is 8.42. The summed E-state index contributed by atoms with van der Waals surface area (Å²) in [5, 5.41) is 0.410. The molecule has 2 aromatic carbocycles. The zero-order valence-electron chi connectivity index (χ0n) is 16.6. The van der Waals surface area contributed by atoms with Gasteiger partial charge in [-0.15, -0.1) is 0 Å². The molecule has 0 fully saturated rings. The van der Waals surface area contributed by atoms with Gasteiger partial charge in [-0.1, -0.05) is 24.6 Å². The number of benzene rings is 2. The van der Waals surface area contributed by atoms with Crippen molar-refractivity contribution in [1.29, 1.82) is 0 Å². The molecule has 0 aliphatic carbocycles. The van der Waals surface area contributed by atoms with Crippen LogP contribution >= 0.6 is 11.6 Å². The molecule has 8 heteroatoms. The quantitative estimate of drug-likeness (QED) is 0.426. The lowest BCUT2D eigenvalue weighted by atomic mass is 10.1. The summed E-state index contributed by atoms with van der Waals surface area (Å²) >= 11 is 6.33. The molecule has 0 atom stereocenters. The molecule has 0 aromatic heterocycles. The molecular formula is C21H24ClNO5S. The maximum absolute atomic E-state index is 12.4. The van der Waals surface area contributed by atoms with Gasteiger partial charge in [0.15, 0.2) is 17.3 Å². The first kappa shape index (κ1) is 22.8. The van der Waals surface area contributed by atoms with Crippen LogP contribution in [0.3, 0.4) is 0 Å². The Morgan fingerprint density at radius 1 is 1.14 bits per heavy atom. The van der Waals surface area contributed by atoms with E-state index in [-0.39, 0.29) is 5.78 Å². The summed E-state index contributed by atoms with van der Waals surface area (Å²) in [7, 11) is -3.36. The number of ether oxygens (including phenoxy) is 2. The van der Waals surface area contributed by atoms with Crippen LogP contribution in [0.15, 0.2) is 42.5 Å². The van der Waals surface area contributed by atoms with Gasteiger partial charge in [0.25, 0.3) is 0 Å². The van der Waals surface area contributed by atoms with Crippen LogP contribution in [0.5, 0.6) is 11.5 Å². The minimum atomic E-state index is -3.36. The smallest absolute Gasteiger partial charge is 0.229 e. The molecule has 6 nitrogen and oxygen atoms in total. The van der Waals surface area contributed by atoms with Crippen molar-refractivity contribution in [1.82, 2.24) is 0 Å². The van der Waals surface area contributed by atoms with Gasteiger partial charge in [0.05, 0.1) is 24.5 Å². The minimum Gasteiger partial charge on any atom is -0.490 e. The number of allylic oxidation sites excluding steroid dienone is 1. The van der Waals surface area contributed by atoms with E-state index in [4.69, 9.17) is 21.1 Å². The third-order valence-corrected chi connectivity index (χ3v) is 4.57. The summed E-state index contributed by atoms with van der Waals surface area (Å²) in [6.07, 6.45) is 4.97. The average Bonchev–Trinajstić information content (AvgIpc) is 2.65. The molecule has 0 unspecified atom stereocenters. The van der Waals surface area contributed by atoms with E-state index in [9.17, 15) is 13.2 Å². The van der Waals surface area contributed by atoms with E-state index >= 15 is 0 Å². The second-order valence-electron chi connectivity index (χ2n) is 6.26. The number of rotatable bonds is 10. The average molecular weight is 438 g/mol. The monoisotopic (exact) mass is 437 g/mol. The molecule has 0 aliphatic heterocycles. The first-order valence-electron chi connectivity index (χ1n) is 9.13. The SMILES string of the molecule is CCCOc1c(Cl)cc(/C=C/C(=O)c2ccc(NS(C)(=O)=O)cc2)cc1OCC. The lowest BCUT2D eigenvalue weighted by molar-refractivity contribution is 0.104. The van der Waals surface area contributed by atoms with Crippen molar-refractivity contribution in [2.45, 2.75) is 20.3 Å². The number of anilines is 1. The van der Waals surface area contributed by atoms with Crippen LogP contribution in [-0.4, -0.2) is 33.7 Å². The standard InChI is InChI=1S/C21H24ClNO5S/c1-4-12-28-21-18(22)13-15(14-20(21)27-5-2)6-11-19(24)16-7-9-17(10-8-16)23-29(3,25)26/h6-11,13-14,23H,4-5,12H2,1-3H3/b11-6+. The van der Waals surface area contributed by atoms with Gasteiger partial charge < -0.3 is 9.47 Å². The molecule has 0 spiro atoms. The van der Waals surface area contributed by atoms with Crippen molar-refractivity contribution in [3.05, 3.63) is 58.6 Å². The molecule has 156 valence electrons. The van der Waals surface area contributed by atoms with Crippen LogP contribution in [0.1, 0.15) is 36.2 Å². The minimum absolute atomic E-state index is 0.226. The first-order chi connectivity index (χ1) is 13.7. The Balaban J connectivity index is 2.18. The van der Waals surface area contributed by atoms with Crippen molar-refractivity contribution in [3.8, 4) is 11.5 Å². The molecule has 2 aromatic rings. The van der Waals surface area contributed by atoms with Crippen molar-refractivity contribution in [2.75, 3.05) is 24.2 Å². The highest BCUT2D eigenvalue weighted by molar-refractivity contribution is 7.92. The highest BCUT2D eigenvalue weighted by Gasteiger charge is 2.12. The van der Waals surface area contributed by atoms with Crippen LogP contribution in [0.4, 0.5) is 5.69 Å². The van der Waals surface area contributed by atoms with Gasteiger partial charge in [-0.3, -0.25) is 9.52 Å². The Kier molecular flexibility index (Phi) is 8.10. The van der Waals surface area contributed by atoms with Crippen LogP contribution in [0.25, 0.3) is 6.08 Å². The fourth-order valence-corrected chi connectivity index (χ4v) is 3.31. The predicted molar refractivity (Wildman–Crippen MR) is 117 cm³/mol. The van der Waals surface area contributed by atoms with Crippen LogP contribution in [0.2, 0.25) is 5.02 Å². The molecule has 2 rings (SSSR count). The molecular weight excluding hydrogens is 414 g/mol. The van der Waals surface area contributed by atoms with E-state index in [1.54, 1.807) is 30.3 Å². The van der Waals surface area contributed by atoms with Gasteiger partial charge in [-0.05, 0) is 61.4 Å². The van der Waals surface area contributed by atoms with Gasteiger partial charge in [0.1, 0.15) is 0 Å². The maximum atomic E-state index is 12.4. The van der Waals surface area contributed by atoms with Crippen molar-refractivity contribution in [2.24, 2.45) is 0 Å². The largest absolute Gasteiger partial charge is 0.490 e. The number of carbonyl (C=O) groups is 1. The highest BCUT2D eigenvalue weighted by Crippen LogP contribution is 2.37. The van der Waals surface area contributed by atoms with E-state index in [1.807, 2.05) is 13.8 Å². The van der Waals surface area contributed by atoms with Gasteiger partial charge >= 0.3 is 0 Å². The summed E-state index contributed by atoms with van der Waals surface area (Å²) in [5.74, 6) is 0.792. The molecule has 0 saturated heterocycles. The summed E-state index contributed by atoms with van der Waals surface area (Å²) in [5.41, 5.74) is 1.52. The van der Waals surface area contributed by atoms with E-state index in [0.29, 0.717) is 46.5 Å². The fourth-order valence-electron chi connectivity index (χ4n) is 2.48.